The van der Waals surface area contributed by atoms with Gasteiger partial charge in [0.2, 0.25) is 5.91 Å². The molecule has 0 aromatic carbocycles. The van der Waals surface area contributed by atoms with Gasteiger partial charge in [0.15, 0.2) is 0 Å². The van der Waals surface area contributed by atoms with Gasteiger partial charge in [0.1, 0.15) is 12.2 Å². The second-order valence-electron chi connectivity index (χ2n) is 7.18. The molecule has 3 rings (SSSR count). The number of aryl methyl sites for hydroxylation is 1. The van der Waals surface area contributed by atoms with Crippen molar-refractivity contribution in [3.63, 3.8) is 0 Å². The lowest BCUT2D eigenvalue weighted by atomic mass is 9.90. The van der Waals surface area contributed by atoms with Crippen molar-refractivity contribution in [2.24, 2.45) is 5.41 Å². The number of imidazole rings is 1. The summed E-state index contributed by atoms with van der Waals surface area (Å²) in [5, 5.41) is 0. The third-order valence-electron chi connectivity index (χ3n) is 4.35. The first-order valence-corrected chi connectivity index (χ1v) is 7.98. The molecule has 1 atom stereocenters. The van der Waals surface area contributed by atoms with Gasteiger partial charge in [0, 0.05) is 12.0 Å². The molecule has 118 valence electrons. The molecule has 5 nitrogen and oxygen atoms in total. The number of carbonyl (C=O) groups is 1. The third kappa shape index (κ3) is 2.60. The van der Waals surface area contributed by atoms with Gasteiger partial charge < -0.3 is 4.90 Å². The second kappa shape index (κ2) is 5.38. The maximum atomic E-state index is 12.8. The van der Waals surface area contributed by atoms with E-state index in [1.54, 1.807) is 6.33 Å². The van der Waals surface area contributed by atoms with Crippen molar-refractivity contribution in [3.8, 4) is 0 Å². The van der Waals surface area contributed by atoms with Crippen molar-refractivity contribution >= 4 is 11.4 Å². The second-order valence-corrected chi connectivity index (χ2v) is 7.18. The van der Waals surface area contributed by atoms with Crippen LogP contribution < -0.4 is 0 Å². The number of hydrogen-bond acceptors (Lipinski definition) is 3. The topological polar surface area (TPSA) is 50.5 Å². The summed E-state index contributed by atoms with van der Waals surface area (Å²) in [5.74, 6) is 1.13. The number of rotatable bonds is 1. The summed E-state index contributed by atoms with van der Waals surface area (Å²) in [5.41, 5.74) is 1.67. The minimum atomic E-state index is -0.356. The van der Waals surface area contributed by atoms with E-state index in [0.717, 1.165) is 42.8 Å². The van der Waals surface area contributed by atoms with Crippen molar-refractivity contribution in [3.05, 3.63) is 30.1 Å². The zero-order valence-electron chi connectivity index (χ0n) is 13.8. The standard InChI is InChI=1S/C17H24N4O/c1-12-19-14(9-13-10-18-11-21(12)13)15-7-5-6-8-20(15)16(22)17(2,3)4/h9-11,15H,5-8H2,1-4H3/t15-/m0/s1. The van der Waals surface area contributed by atoms with Crippen LogP contribution in [0.25, 0.3) is 5.52 Å². The van der Waals surface area contributed by atoms with E-state index < -0.39 is 0 Å². The predicted molar refractivity (Wildman–Crippen MR) is 85.5 cm³/mol. The van der Waals surface area contributed by atoms with Gasteiger partial charge in [-0.15, -0.1) is 0 Å². The zero-order chi connectivity index (χ0) is 15.9. The summed E-state index contributed by atoms with van der Waals surface area (Å²) in [6, 6.07) is 2.15. The van der Waals surface area contributed by atoms with Crippen molar-refractivity contribution in [2.75, 3.05) is 6.54 Å². The highest BCUT2D eigenvalue weighted by Gasteiger charge is 2.35. The fourth-order valence-corrected chi connectivity index (χ4v) is 3.19. The van der Waals surface area contributed by atoms with Crippen LogP contribution >= 0.6 is 0 Å². The van der Waals surface area contributed by atoms with Gasteiger partial charge in [-0.2, -0.15) is 0 Å². The molecule has 22 heavy (non-hydrogen) atoms. The van der Waals surface area contributed by atoms with E-state index in [1.165, 1.54) is 0 Å². The van der Waals surface area contributed by atoms with E-state index in [9.17, 15) is 4.79 Å². The Balaban J connectivity index is 2.00. The minimum absolute atomic E-state index is 0.0825. The van der Waals surface area contributed by atoms with Gasteiger partial charge >= 0.3 is 0 Å². The smallest absolute Gasteiger partial charge is 0.228 e. The van der Waals surface area contributed by atoms with Gasteiger partial charge in [-0.3, -0.25) is 9.20 Å². The largest absolute Gasteiger partial charge is 0.334 e. The fourth-order valence-electron chi connectivity index (χ4n) is 3.19. The molecule has 1 amide bonds. The van der Waals surface area contributed by atoms with E-state index in [4.69, 9.17) is 4.98 Å². The van der Waals surface area contributed by atoms with Crippen LogP contribution in [0.4, 0.5) is 0 Å². The average molecular weight is 300 g/mol. The van der Waals surface area contributed by atoms with Gasteiger partial charge in [0.25, 0.3) is 0 Å². The molecule has 0 aliphatic carbocycles. The highest BCUT2D eigenvalue weighted by Crippen LogP contribution is 2.34. The summed E-state index contributed by atoms with van der Waals surface area (Å²) >= 11 is 0. The van der Waals surface area contributed by atoms with Gasteiger partial charge in [-0.25, -0.2) is 9.97 Å². The van der Waals surface area contributed by atoms with Crippen LogP contribution in [-0.2, 0) is 4.79 Å². The predicted octanol–water partition coefficient (Wildman–Crippen LogP) is 3.14. The monoisotopic (exact) mass is 300 g/mol. The molecule has 0 radical (unpaired) electrons. The van der Waals surface area contributed by atoms with E-state index in [0.29, 0.717) is 0 Å². The van der Waals surface area contributed by atoms with E-state index in [2.05, 4.69) is 11.1 Å². The first-order valence-electron chi connectivity index (χ1n) is 7.98. The Bertz CT molecular complexity index is 698. The lowest BCUT2D eigenvalue weighted by Gasteiger charge is -2.39. The van der Waals surface area contributed by atoms with Crippen molar-refractivity contribution < 1.29 is 4.79 Å². The van der Waals surface area contributed by atoms with Gasteiger partial charge in [0.05, 0.1) is 23.4 Å². The molecule has 0 spiro atoms. The number of amides is 1. The van der Waals surface area contributed by atoms with Crippen LogP contribution in [0.15, 0.2) is 18.6 Å². The minimum Gasteiger partial charge on any atom is -0.334 e. The van der Waals surface area contributed by atoms with Crippen LogP contribution in [-0.4, -0.2) is 31.7 Å². The molecule has 0 bridgehead atoms. The van der Waals surface area contributed by atoms with Crippen molar-refractivity contribution in [2.45, 2.75) is 53.0 Å². The third-order valence-corrected chi connectivity index (χ3v) is 4.35. The number of nitrogens with zero attached hydrogens (tertiary/aromatic N) is 4. The van der Waals surface area contributed by atoms with Crippen LogP contribution in [0.5, 0.6) is 0 Å². The molecule has 2 aromatic heterocycles. The zero-order valence-corrected chi connectivity index (χ0v) is 13.8. The number of hydrogen-bond donors (Lipinski definition) is 0. The van der Waals surface area contributed by atoms with Crippen molar-refractivity contribution in [1.82, 2.24) is 19.3 Å². The number of carbonyl (C=O) groups excluding carboxylic acids is 1. The number of likely N-dealkylation sites (tertiary alicyclic amines) is 1. The lowest BCUT2D eigenvalue weighted by molar-refractivity contribution is -0.143. The fraction of sp³-hybridized carbons (Fsp3) is 0.588. The summed E-state index contributed by atoms with van der Waals surface area (Å²) in [7, 11) is 0. The van der Waals surface area contributed by atoms with E-state index >= 15 is 0 Å². The summed E-state index contributed by atoms with van der Waals surface area (Å²) in [4.78, 5) is 23.7. The Hall–Kier alpha value is -1.91. The van der Waals surface area contributed by atoms with Crippen LogP contribution in [0.1, 0.15) is 57.6 Å². The molecule has 1 saturated heterocycles. The first kappa shape index (κ1) is 15.0. The molecule has 0 N–H and O–H groups in total. The Morgan fingerprint density at radius 2 is 2.09 bits per heavy atom. The van der Waals surface area contributed by atoms with Gasteiger partial charge in [-0.1, -0.05) is 20.8 Å². The molecule has 3 heterocycles. The van der Waals surface area contributed by atoms with Crippen LogP contribution in [0, 0.1) is 12.3 Å². The lowest BCUT2D eigenvalue weighted by Crippen LogP contribution is -2.44. The normalized spacial score (nSPS) is 19.6. The average Bonchev–Trinajstić information content (AvgIpc) is 2.94. The van der Waals surface area contributed by atoms with E-state index in [-0.39, 0.29) is 17.4 Å². The number of aromatic nitrogens is 3. The van der Waals surface area contributed by atoms with E-state index in [1.807, 2.05) is 43.2 Å². The number of piperidine rings is 1. The van der Waals surface area contributed by atoms with Crippen molar-refractivity contribution in [1.29, 1.82) is 0 Å². The molecular formula is C17H24N4O. The summed E-state index contributed by atoms with van der Waals surface area (Å²) in [6.45, 7) is 8.77. The van der Waals surface area contributed by atoms with Crippen LogP contribution in [0.3, 0.4) is 0 Å². The molecule has 1 aliphatic heterocycles. The Morgan fingerprint density at radius 3 is 2.82 bits per heavy atom. The quantitative estimate of drug-likeness (QED) is 0.813. The Morgan fingerprint density at radius 1 is 1.32 bits per heavy atom. The molecule has 0 saturated carbocycles. The summed E-state index contributed by atoms with van der Waals surface area (Å²) < 4.78 is 1.97. The Kier molecular flexibility index (Phi) is 3.67. The molecule has 1 fully saturated rings. The maximum absolute atomic E-state index is 12.8. The highest BCUT2D eigenvalue weighted by molar-refractivity contribution is 5.82. The molecule has 2 aromatic rings. The molecular weight excluding hydrogens is 276 g/mol. The SMILES string of the molecule is Cc1nc([C@@H]2CCCCN2C(=O)C(C)(C)C)cc2cncn12. The summed E-state index contributed by atoms with van der Waals surface area (Å²) in [6.07, 6.45) is 6.83. The van der Waals surface area contributed by atoms with Crippen LogP contribution in [0.2, 0.25) is 0 Å². The number of fused-ring (bicyclic) bond motifs is 1. The molecule has 5 heteroatoms. The van der Waals surface area contributed by atoms with Gasteiger partial charge in [-0.05, 0) is 32.3 Å². The Labute approximate surface area is 131 Å². The molecule has 1 aliphatic rings. The highest BCUT2D eigenvalue weighted by atomic mass is 16.2. The first-order chi connectivity index (χ1) is 10.4. The molecule has 0 unspecified atom stereocenters. The maximum Gasteiger partial charge on any atom is 0.228 e.